The highest BCUT2D eigenvalue weighted by atomic mass is 32.1. The second-order valence-electron chi connectivity index (χ2n) is 5.67. The number of non-ortho nitro benzene ring substituents is 1. The van der Waals surface area contributed by atoms with Gasteiger partial charge in [-0.2, -0.15) is 10.2 Å². The Labute approximate surface area is 179 Å². The maximum Gasteiger partial charge on any atom is 0.269 e. The van der Waals surface area contributed by atoms with Gasteiger partial charge in [0.15, 0.2) is 5.11 Å². The summed E-state index contributed by atoms with van der Waals surface area (Å²) in [6, 6.07) is 15.4. The molecule has 10 heteroatoms. The van der Waals surface area contributed by atoms with Crippen molar-refractivity contribution >= 4 is 51.6 Å². The van der Waals surface area contributed by atoms with Crippen molar-refractivity contribution in [3.8, 4) is 0 Å². The first-order valence-corrected chi connectivity index (χ1v) is 9.50. The van der Waals surface area contributed by atoms with Crippen molar-refractivity contribution < 1.29 is 4.92 Å². The van der Waals surface area contributed by atoms with Crippen LogP contribution in [0, 0.1) is 10.1 Å². The number of hydrogen-bond acceptors (Lipinski definition) is 6. The summed E-state index contributed by atoms with van der Waals surface area (Å²) in [6.07, 6.45) is 0.632. The van der Waals surface area contributed by atoms with Gasteiger partial charge in [0.05, 0.1) is 9.91 Å². The molecule has 0 unspecified atom stereocenters. The topological polar surface area (TPSA) is 104 Å². The largest absolute Gasteiger partial charge is 0.364 e. The monoisotopic (exact) mass is 428 g/mol. The second-order valence-corrected chi connectivity index (χ2v) is 6.57. The quantitative estimate of drug-likeness (QED) is 0.269. The highest BCUT2D eigenvalue weighted by molar-refractivity contribution is 7.80. The Kier molecular flexibility index (Phi) is 8.31. The molecule has 29 heavy (non-hydrogen) atoms. The van der Waals surface area contributed by atoms with Gasteiger partial charge in [0.2, 0.25) is 0 Å². The fraction of sp³-hybridized carbons (Fsp3) is 0.158. The van der Waals surface area contributed by atoms with Crippen molar-refractivity contribution in [1.29, 1.82) is 0 Å². The van der Waals surface area contributed by atoms with Crippen LogP contribution < -0.4 is 16.2 Å². The first-order valence-electron chi connectivity index (χ1n) is 8.68. The third kappa shape index (κ3) is 6.40. The predicted octanol–water partition coefficient (Wildman–Crippen LogP) is 3.12. The highest BCUT2D eigenvalue weighted by Gasteiger charge is 2.17. The van der Waals surface area contributed by atoms with Crippen LogP contribution in [0.25, 0.3) is 0 Å². The van der Waals surface area contributed by atoms with Crippen molar-refractivity contribution in [1.82, 2.24) is 16.2 Å². The van der Waals surface area contributed by atoms with E-state index in [1.165, 1.54) is 12.1 Å². The number of hydrazone groups is 2. The van der Waals surface area contributed by atoms with Gasteiger partial charge in [-0.05, 0) is 30.8 Å². The average Bonchev–Trinajstić information content (AvgIpc) is 2.76. The molecule has 150 valence electrons. The molecule has 0 heterocycles. The van der Waals surface area contributed by atoms with E-state index >= 15 is 0 Å². The summed E-state index contributed by atoms with van der Waals surface area (Å²) in [5.74, 6) is 0. The van der Waals surface area contributed by atoms with E-state index in [0.29, 0.717) is 33.5 Å². The smallest absolute Gasteiger partial charge is 0.269 e. The van der Waals surface area contributed by atoms with Crippen LogP contribution >= 0.6 is 24.4 Å². The Morgan fingerprint density at radius 2 is 1.52 bits per heavy atom. The van der Waals surface area contributed by atoms with Gasteiger partial charge in [0.25, 0.3) is 5.69 Å². The Balaban J connectivity index is 2.58. The van der Waals surface area contributed by atoms with Crippen LogP contribution in [0.15, 0.2) is 64.8 Å². The van der Waals surface area contributed by atoms with Gasteiger partial charge in [-0.1, -0.05) is 49.5 Å². The van der Waals surface area contributed by atoms with Crippen LogP contribution in [0.1, 0.15) is 24.5 Å². The lowest BCUT2D eigenvalue weighted by atomic mass is 9.99. The van der Waals surface area contributed by atoms with Crippen LogP contribution in [0.3, 0.4) is 0 Å². The van der Waals surface area contributed by atoms with E-state index in [4.69, 9.17) is 24.4 Å². The zero-order valence-electron chi connectivity index (χ0n) is 15.9. The molecule has 3 N–H and O–H groups in total. The van der Waals surface area contributed by atoms with E-state index in [-0.39, 0.29) is 5.69 Å². The lowest BCUT2D eigenvalue weighted by molar-refractivity contribution is -0.384. The predicted molar refractivity (Wildman–Crippen MR) is 123 cm³/mol. The number of benzene rings is 2. The number of hydrogen-bond donors (Lipinski definition) is 3. The molecule has 0 bridgehead atoms. The summed E-state index contributed by atoms with van der Waals surface area (Å²) in [4.78, 5) is 11.1. The Morgan fingerprint density at radius 1 is 0.966 bits per heavy atom. The van der Waals surface area contributed by atoms with Gasteiger partial charge in [0, 0.05) is 30.3 Å². The van der Waals surface area contributed by atoms with Crippen LogP contribution in [0.2, 0.25) is 0 Å². The van der Waals surface area contributed by atoms with Crippen molar-refractivity contribution in [2.45, 2.75) is 13.3 Å². The van der Waals surface area contributed by atoms with Gasteiger partial charge in [-0.3, -0.25) is 21.0 Å². The van der Waals surface area contributed by atoms with Crippen molar-refractivity contribution in [2.24, 2.45) is 10.2 Å². The molecule has 0 radical (unpaired) electrons. The summed E-state index contributed by atoms with van der Waals surface area (Å²) < 4.78 is 0. The fourth-order valence-electron chi connectivity index (χ4n) is 2.21. The van der Waals surface area contributed by atoms with Crippen molar-refractivity contribution in [3.63, 3.8) is 0 Å². The summed E-state index contributed by atoms with van der Waals surface area (Å²) in [7, 11) is 1.67. The van der Waals surface area contributed by atoms with Gasteiger partial charge in [-0.25, -0.2) is 0 Å². The standard InChI is InChI=1S/C19H20N6O2S2/c1-3-16(28)21-22-17(13-7-5-4-6-8-13)18(23-24-19(29)20-2)14-9-11-15(12-10-14)25(26)27/h4-12H,3H2,1-2H3,(H,21,28)(H2,20,24,29). The summed E-state index contributed by atoms with van der Waals surface area (Å²) in [6.45, 7) is 1.92. The Bertz CT molecular complexity index is 943. The molecule has 0 fully saturated rings. The van der Waals surface area contributed by atoms with Gasteiger partial charge in [-0.15, -0.1) is 0 Å². The molecule has 0 aromatic heterocycles. The van der Waals surface area contributed by atoms with Gasteiger partial charge < -0.3 is 5.32 Å². The molecule has 8 nitrogen and oxygen atoms in total. The van der Waals surface area contributed by atoms with Crippen LogP contribution in [0.4, 0.5) is 5.69 Å². The van der Waals surface area contributed by atoms with Crippen LogP contribution in [-0.4, -0.2) is 33.5 Å². The second kappa shape index (κ2) is 10.9. The Morgan fingerprint density at radius 3 is 2.03 bits per heavy atom. The van der Waals surface area contributed by atoms with Gasteiger partial charge >= 0.3 is 0 Å². The zero-order valence-corrected chi connectivity index (χ0v) is 17.5. The molecule has 0 atom stereocenters. The molecular weight excluding hydrogens is 408 g/mol. The number of thiocarbonyl (C=S) groups is 2. The van der Waals surface area contributed by atoms with Crippen LogP contribution in [-0.2, 0) is 0 Å². The number of nitrogens with one attached hydrogen (secondary N) is 3. The molecule has 0 saturated carbocycles. The normalized spacial score (nSPS) is 11.5. The first-order chi connectivity index (χ1) is 14.0. The Hall–Kier alpha value is -3.24. The summed E-state index contributed by atoms with van der Waals surface area (Å²) in [5, 5.41) is 22.9. The van der Waals surface area contributed by atoms with E-state index in [9.17, 15) is 10.1 Å². The zero-order chi connectivity index (χ0) is 21.2. The van der Waals surface area contributed by atoms with Crippen molar-refractivity contribution in [2.75, 3.05) is 7.05 Å². The van der Waals surface area contributed by atoms with E-state index in [1.807, 2.05) is 37.3 Å². The molecule has 2 aromatic carbocycles. The first kappa shape index (κ1) is 22.1. The maximum absolute atomic E-state index is 11.0. The molecule has 0 saturated heterocycles. The molecule has 0 spiro atoms. The number of rotatable bonds is 7. The minimum Gasteiger partial charge on any atom is -0.364 e. The number of nitrogens with zero attached hydrogens (tertiary/aromatic N) is 3. The third-order valence-electron chi connectivity index (χ3n) is 3.73. The molecule has 0 aliphatic heterocycles. The number of nitro groups is 1. The van der Waals surface area contributed by atoms with E-state index in [0.717, 1.165) is 5.56 Å². The molecule has 0 amide bonds. The van der Waals surface area contributed by atoms with Gasteiger partial charge in [0.1, 0.15) is 11.4 Å². The molecular formula is C19H20N6O2S2. The van der Waals surface area contributed by atoms with E-state index in [2.05, 4.69) is 26.4 Å². The highest BCUT2D eigenvalue weighted by Crippen LogP contribution is 2.15. The minimum absolute atomic E-state index is 0.0182. The van der Waals surface area contributed by atoms with E-state index < -0.39 is 4.92 Å². The molecule has 2 aromatic rings. The lowest BCUT2D eigenvalue weighted by Gasteiger charge is -2.13. The van der Waals surface area contributed by atoms with Crippen LogP contribution in [0.5, 0.6) is 0 Å². The third-order valence-corrected chi connectivity index (χ3v) is 4.41. The molecule has 0 aliphatic rings. The fourth-order valence-corrected chi connectivity index (χ4v) is 2.30. The SMILES string of the molecule is CCC(=S)NN=C(C(=NNC(=S)NC)c1ccc([N+](=O)[O-])cc1)c1ccccc1. The van der Waals surface area contributed by atoms with Crippen molar-refractivity contribution in [3.05, 3.63) is 75.8 Å². The number of nitro benzene ring substituents is 1. The minimum atomic E-state index is -0.456. The molecule has 0 aliphatic carbocycles. The lowest BCUT2D eigenvalue weighted by Crippen LogP contribution is -2.32. The summed E-state index contributed by atoms with van der Waals surface area (Å²) >= 11 is 10.3. The molecule has 2 rings (SSSR count). The summed E-state index contributed by atoms with van der Waals surface area (Å²) in [5.41, 5.74) is 7.95. The maximum atomic E-state index is 11.0. The van der Waals surface area contributed by atoms with E-state index in [1.54, 1.807) is 19.2 Å². The average molecular weight is 429 g/mol.